The molecule has 1 saturated heterocycles. The van der Waals surface area contributed by atoms with E-state index in [4.69, 9.17) is 5.73 Å². The highest BCUT2D eigenvalue weighted by atomic mass is 19.1. The van der Waals surface area contributed by atoms with Crippen LogP contribution >= 0.6 is 0 Å². The van der Waals surface area contributed by atoms with Crippen molar-refractivity contribution in [2.24, 2.45) is 5.73 Å². The van der Waals surface area contributed by atoms with Crippen LogP contribution in [0.1, 0.15) is 12.5 Å². The fourth-order valence-electron chi connectivity index (χ4n) is 2.94. The Kier molecular flexibility index (Phi) is 5.68. The lowest BCUT2D eigenvalue weighted by molar-refractivity contribution is -0.122. The minimum atomic E-state index is -0.518. The van der Waals surface area contributed by atoms with Crippen molar-refractivity contribution in [2.75, 3.05) is 36.0 Å². The number of nitrogens with one attached hydrogen (secondary N) is 1. The maximum Gasteiger partial charge on any atom is 0.236 e. The fourth-order valence-corrected chi connectivity index (χ4v) is 2.94. The van der Waals surface area contributed by atoms with Gasteiger partial charge in [-0.05, 0) is 48.9 Å². The number of nitrogens with two attached hydrogens (primary N) is 1. The topological polar surface area (TPSA) is 74.5 Å². The van der Waals surface area contributed by atoms with Crippen LogP contribution in [0.5, 0.6) is 0 Å². The van der Waals surface area contributed by atoms with E-state index < -0.39 is 6.04 Å². The van der Waals surface area contributed by atoms with Crippen LogP contribution in [-0.4, -0.2) is 43.1 Å². The molecule has 1 amide bonds. The third kappa shape index (κ3) is 4.49. The fraction of sp³-hybridized carbons (Fsp3) is 0.368. The highest BCUT2D eigenvalue weighted by molar-refractivity contribution is 5.80. The molecule has 0 spiro atoms. The second-order valence-electron chi connectivity index (χ2n) is 6.48. The van der Waals surface area contributed by atoms with E-state index in [2.05, 4.69) is 20.1 Å². The standard InChI is InChI=1S/C19H24FN5O/c1-14(21)19(26)23-13-15-6-7-22-18(12-15)25-10-8-24(9-11-25)17-4-2-16(20)3-5-17/h2-7,12,14H,8-11,13,21H2,1H3,(H,23,26)/t14-/m1/s1. The molecule has 1 aromatic carbocycles. The molecule has 0 bridgehead atoms. The van der Waals surface area contributed by atoms with E-state index in [1.807, 2.05) is 24.3 Å². The molecule has 1 atom stereocenters. The van der Waals surface area contributed by atoms with Gasteiger partial charge < -0.3 is 20.9 Å². The van der Waals surface area contributed by atoms with E-state index in [1.54, 1.807) is 13.1 Å². The molecule has 3 rings (SSSR count). The molecule has 138 valence electrons. The van der Waals surface area contributed by atoms with E-state index in [9.17, 15) is 9.18 Å². The molecule has 2 aromatic rings. The molecule has 3 N–H and O–H groups in total. The first-order chi connectivity index (χ1) is 12.5. The quantitative estimate of drug-likeness (QED) is 0.849. The zero-order valence-electron chi connectivity index (χ0n) is 14.9. The van der Waals surface area contributed by atoms with Crippen LogP contribution in [0.2, 0.25) is 0 Å². The summed E-state index contributed by atoms with van der Waals surface area (Å²) in [6.07, 6.45) is 1.76. The number of benzene rings is 1. The molecule has 0 saturated carbocycles. The van der Waals surface area contributed by atoms with Crippen LogP contribution in [-0.2, 0) is 11.3 Å². The third-order valence-electron chi connectivity index (χ3n) is 4.49. The third-order valence-corrected chi connectivity index (χ3v) is 4.49. The van der Waals surface area contributed by atoms with Crippen molar-refractivity contribution in [3.8, 4) is 0 Å². The Labute approximate surface area is 152 Å². The number of aromatic nitrogens is 1. The molecule has 1 aromatic heterocycles. The largest absolute Gasteiger partial charge is 0.368 e. The van der Waals surface area contributed by atoms with Gasteiger partial charge in [-0.25, -0.2) is 9.37 Å². The first-order valence-electron chi connectivity index (χ1n) is 8.76. The molecule has 2 heterocycles. The summed E-state index contributed by atoms with van der Waals surface area (Å²) in [6, 6.07) is 9.97. The van der Waals surface area contributed by atoms with Crippen molar-refractivity contribution >= 4 is 17.4 Å². The van der Waals surface area contributed by atoms with Crippen molar-refractivity contribution in [3.63, 3.8) is 0 Å². The average Bonchev–Trinajstić information content (AvgIpc) is 2.67. The first kappa shape index (κ1) is 18.1. The van der Waals surface area contributed by atoms with Crippen molar-refractivity contribution in [3.05, 3.63) is 54.0 Å². The smallest absolute Gasteiger partial charge is 0.236 e. The number of carbonyl (C=O) groups is 1. The molecule has 1 aliphatic rings. The monoisotopic (exact) mass is 357 g/mol. The SMILES string of the molecule is C[C@@H](N)C(=O)NCc1ccnc(N2CCN(c3ccc(F)cc3)CC2)c1. The molecule has 0 unspecified atom stereocenters. The second kappa shape index (κ2) is 8.14. The lowest BCUT2D eigenvalue weighted by Crippen LogP contribution is -2.46. The predicted molar refractivity (Wildman–Crippen MR) is 101 cm³/mol. The Morgan fingerprint density at radius 1 is 1.19 bits per heavy atom. The van der Waals surface area contributed by atoms with Gasteiger partial charge in [0.05, 0.1) is 6.04 Å². The molecular weight excluding hydrogens is 333 g/mol. The molecule has 1 aliphatic heterocycles. The predicted octanol–water partition coefficient (Wildman–Crippen LogP) is 1.51. The van der Waals surface area contributed by atoms with E-state index >= 15 is 0 Å². The Bertz CT molecular complexity index is 742. The Balaban J connectivity index is 1.58. The zero-order valence-corrected chi connectivity index (χ0v) is 14.9. The molecule has 0 aliphatic carbocycles. The van der Waals surface area contributed by atoms with Gasteiger partial charge in [-0.3, -0.25) is 4.79 Å². The van der Waals surface area contributed by atoms with Crippen LogP contribution in [0.3, 0.4) is 0 Å². The van der Waals surface area contributed by atoms with Crippen molar-refractivity contribution in [1.29, 1.82) is 0 Å². The van der Waals surface area contributed by atoms with Gasteiger partial charge in [-0.1, -0.05) is 0 Å². The van der Waals surface area contributed by atoms with Gasteiger partial charge in [0.2, 0.25) is 5.91 Å². The molecule has 1 fully saturated rings. The number of hydrogen-bond acceptors (Lipinski definition) is 5. The van der Waals surface area contributed by atoms with E-state index in [1.165, 1.54) is 12.1 Å². The summed E-state index contributed by atoms with van der Waals surface area (Å²) >= 11 is 0. The number of rotatable bonds is 5. The second-order valence-corrected chi connectivity index (χ2v) is 6.48. The zero-order chi connectivity index (χ0) is 18.5. The van der Waals surface area contributed by atoms with E-state index in [0.717, 1.165) is 43.2 Å². The summed E-state index contributed by atoms with van der Waals surface area (Å²) in [5, 5.41) is 2.81. The van der Waals surface area contributed by atoms with Gasteiger partial charge in [0, 0.05) is 44.6 Å². The Hall–Kier alpha value is -2.67. The number of carbonyl (C=O) groups excluding carboxylic acids is 1. The Morgan fingerprint density at radius 2 is 1.85 bits per heavy atom. The van der Waals surface area contributed by atoms with Gasteiger partial charge in [0.1, 0.15) is 11.6 Å². The number of halogens is 1. The number of amides is 1. The van der Waals surface area contributed by atoms with Gasteiger partial charge in [-0.2, -0.15) is 0 Å². The molecule has 6 nitrogen and oxygen atoms in total. The number of piperazine rings is 1. The Morgan fingerprint density at radius 3 is 2.50 bits per heavy atom. The molecule has 0 radical (unpaired) electrons. The molecule has 26 heavy (non-hydrogen) atoms. The number of anilines is 2. The van der Waals surface area contributed by atoms with E-state index in [-0.39, 0.29) is 11.7 Å². The molecule has 7 heteroatoms. The summed E-state index contributed by atoms with van der Waals surface area (Å²) in [7, 11) is 0. The minimum Gasteiger partial charge on any atom is -0.368 e. The van der Waals surface area contributed by atoms with Crippen LogP contribution in [0.15, 0.2) is 42.6 Å². The lowest BCUT2D eigenvalue weighted by Gasteiger charge is -2.36. The van der Waals surface area contributed by atoms with Gasteiger partial charge in [0.25, 0.3) is 0 Å². The van der Waals surface area contributed by atoms with Gasteiger partial charge in [0.15, 0.2) is 0 Å². The number of hydrogen-bond donors (Lipinski definition) is 2. The maximum absolute atomic E-state index is 13.1. The van der Waals surface area contributed by atoms with Crippen molar-refractivity contribution in [2.45, 2.75) is 19.5 Å². The first-order valence-corrected chi connectivity index (χ1v) is 8.76. The van der Waals surface area contributed by atoms with E-state index in [0.29, 0.717) is 6.54 Å². The maximum atomic E-state index is 13.1. The van der Waals surface area contributed by atoms with Crippen LogP contribution in [0, 0.1) is 5.82 Å². The van der Waals surface area contributed by atoms with Gasteiger partial charge in [-0.15, -0.1) is 0 Å². The summed E-state index contributed by atoms with van der Waals surface area (Å²) < 4.78 is 13.1. The number of pyridine rings is 1. The summed E-state index contributed by atoms with van der Waals surface area (Å²) in [4.78, 5) is 20.5. The number of nitrogens with zero attached hydrogens (tertiary/aromatic N) is 3. The van der Waals surface area contributed by atoms with Gasteiger partial charge >= 0.3 is 0 Å². The minimum absolute atomic E-state index is 0.170. The average molecular weight is 357 g/mol. The highest BCUT2D eigenvalue weighted by Gasteiger charge is 2.18. The normalized spacial score (nSPS) is 15.7. The molecular formula is C19H24FN5O. The lowest BCUT2D eigenvalue weighted by atomic mass is 10.2. The summed E-state index contributed by atoms with van der Waals surface area (Å²) in [5.74, 6) is 0.511. The summed E-state index contributed by atoms with van der Waals surface area (Å²) in [5.41, 5.74) is 7.58. The van der Waals surface area contributed by atoms with Crippen LogP contribution < -0.4 is 20.9 Å². The van der Waals surface area contributed by atoms with Crippen LogP contribution in [0.25, 0.3) is 0 Å². The highest BCUT2D eigenvalue weighted by Crippen LogP contribution is 2.20. The van der Waals surface area contributed by atoms with Crippen molar-refractivity contribution in [1.82, 2.24) is 10.3 Å². The van der Waals surface area contributed by atoms with Crippen LogP contribution in [0.4, 0.5) is 15.9 Å². The summed E-state index contributed by atoms with van der Waals surface area (Å²) in [6.45, 7) is 5.46. The van der Waals surface area contributed by atoms with Crippen molar-refractivity contribution < 1.29 is 9.18 Å².